The molecule has 9 heteroatoms. The average molecular weight is 542 g/mol. The van der Waals surface area contributed by atoms with Gasteiger partial charge in [-0.05, 0) is 49.9 Å². The second-order valence-corrected chi connectivity index (χ2v) is 11.3. The van der Waals surface area contributed by atoms with Gasteiger partial charge in [0.15, 0.2) is 0 Å². The number of nitrogens with zero attached hydrogens (tertiary/aromatic N) is 3. The predicted octanol–water partition coefficient (Wildman–Crippen LogP) is 2.50. The Morgan fingerprint density at radius 3 is 2.62 bits per heavy atom. The number of alkyl halides is 1. The SMILES string of the molecule is CC(O)CN1CC[C@@H](Oc2ccc3c(c2)O[C@H](C)CN(C[C@H](O)CN2CCc4ccccc4C2)C3=O)[C@H](F)C1. The van der Waals surface area contributed by atoms with Gasteiger partial charge in [0.2, 0.25) is 0 Å². The molecule has 0 aliphatic carbocycles. The third-order valence-electron chi connectivity index (χ3n) is 7.76. The third-order valence-corrected chi connectivity index (χ3v) is 7.76. The molecule has 212 valence electrons. The van der Waals surface area contributed by atoms with Gasteiger partial charge in [-0.1, -0.05) is 24.3 Å². The van der Waals surface area contributed by atoms with Crippen LogP contribution in [0.2, 0.25) is 0 Å². The van der Waals surface area contributed by atoms with Crippen molar-refractivity contribution in [3.63, 3.8) is 0 Å². The van der Waals surface area contributed by atoms with Crippen molar-refractivity contribution < 1.29 is 28.9 Å². The lowest BCUT2D eigenvalue weighted by atomic mass is 10.00. The first-order chi connectivity index (χ1) is 18.7. The van der Waals surface area contributed by atoms with E-state index in [1.165, 1.54) is 11.1 Å². The van der Waals surface area contributed by atoms with Gasteiger partial charge in [-0.3, -0.25) is 14.6 Å². The highest BCUT2D eigenvalue weighted by atomic mass is 19.1. The van der Waals surface area contributed by atoms with E-state index >= 15 is 0 Å². The van der Waals surface area contributed by atoms with Gasteiger partial charge in [-0.15, -0.1) is 0 Å². The van der Waals surface area contributed by atoms with Gasteiger partial charge in [-0.2, -0.15) is 0 Å². The van der Waals surface area contributed by atoms with Crippen LogP contribution in [0.25, 0.3) is 0 Å². The molecule has 0 saturated carbocycles. The zero-order valence-corrected chi connectivity index (χ0v) is 22.8. The molecule has 5 atom stereocenters. The number of aliphatic hydroxyl groups is 2. The zero-order valence-electron chi connectivity index (χ0n) is 22.8. The first-order valence-corrected chi connectivity index (χ1v) is 14.0. The highest BCUT2D eigenvalue weighted by molar-refractivity contribution is 5.97. The number of halogens is 1. The summed E-state index contributed by atoms with van der Waals surface area (Å²) in [5.74, 6) is 0.680. The van der Waals surface area contributed by atoms with Crippen LogP contribution >= 0.6 is 0 Å². The summed E-state index contributed by atoms with van der Waals surface area (Å²) in [6, 6.07) is 13.4. The van der Waals surface area contributed by atoms with Crippen LogP contribution in [0.1, 0.15) is 41.8 Å². The predicted molar refractivity (Wildman–Crippen MR) is 146 cm³/mol. The fourth-order valence-corrected chi connectivity index (χ4v) is 5.94. The summed E-state index contributed by atoms with van der Waals surface area (Å²) in [6.45, 7) is 7.65. The van der Waals surface area contributed by atoms with Gasteiger partial charge in [0.1, 0.15) is 29.9 Å². The third kappa shape index (κ3) is 6.90. The fraction of sp³-hybridized carbons (Fsp3) is 0.567. The first-order valence-electron chi connectivity index (χ1n) is 14.0. The van der Waals surface area contributed by atoms with E-state index in [4.69, 9.17) is 9.47 Å². The quantitative estimate of drug-likeness (QED) is 0.531. The summed E-state index contributed by atoms with van der Waals surface area (Å²) < 4.78 is 26.9. The van der Waals surface area contributed by atoms with Crippen molar-refractivity contribution in [1.82, 2.24) is 14.7 Å². The standard InChI is InChI=1S/C30H40FN3O5/c1-20(35)14-32-12-10-28(27(31)19-32)39-25-7-8-26-29(13-25)38-21(2)15-34(30(26)37)18-24(36)17-33-11-9-22-5-3-4-6-23(22)16-33/h3-8,13,20-21,24,27-28,35-36H,9-12,14-19H2,1-2H3/t20?,21-,24-,27-,28-/m1/s1. The van der Waals surface area contributed by atoms with Crippen molar-refractivity contribution in [3.05, 3.63) is 59.2 Å². The number of hydrogen-bond donors (Lipinski definition) is 2. The minimum Gasteiger partial charge on any atom is -0.488 e. The summed E-state index contributed by atoms with van der Waals surface area (Å²) in [6.07, 6.45) is -1.77. The van der Waals surface area contributed by atoms with Crippen LogP contribution in [0.15, 0.2) is 42.5 Å². The largest absolute Gasteiger partial charge is 0.488 e. The van der Waals surface area contributed by atoms with E-state index in [-0.39, 0.29) is 25.1 Å². The van der Waals surface area contributed by atoms with Crippen LogP contribution in [-0.2, 0) is 13.0 Å². The Morgan fingerprint density at radius 1 is 1.05 bits per heavy atom. The number of benzene rings is 2. The van der Waals surface area contributed by atoms with E-state index in [1.54, 1.807) is 30.0 Å². The minimum atomic E-state index is -1.18. The number of hydrogen-bond acceptors (Lipinski definition) is 7. The van der Waals surface area contributed by atoms with E-state index < -0.39 is 24.5 Å². The van der Waals surface area contributed by atoms with Crippen molar-refractivity contribution in [2.45, 2.75) is 63.8 Å². The second kappa shape index (κ2) is 12.2. The lowest BCUT2D eigenvalue weighted by Gasteiger charge is -2.35. The van der Waals surface area contributed by atoms with Crippen LogP contribution < -0.4 is 9.47 Å². The molecule has 2 aromatic carbocycles. The number of ether oxygens (including phenoxy) is 2. The van der Waals surface area contributed by atoms with E-state index in [1.807, 2.05) is 17.9 Å². The number of likely N-dealkylation sites (tertiary alicyclic amines) is 1. The van der Waals surface area contributed by atoms with E-state index in [9.17, 15) is 19.4 Å². The van der Waals surface area contributed by atoms with Crippen LogP contribution in [0.5, 0.6) is 11.5 Å². The van der Waals surface area contributed by atoms with Crippen LogP contribution in [-0.4, -0.2) is 107 Å². The number of amides is 1. The lowest BCUT2D eigenvalue weighted by molar-refractivity contribution is 0.00720. The Morgan fingerprint density at radius 2 is 1.85 bits per heavy atom. The maximum atomic E-state index is 14.8. The normalized spacial score (nSPS) is 25.7. The summed E-state index contributed by atoms with van der Waals surface area (Å²) >= 11 is 0. The van der Waals surface area contributed by atoms with E-state index in [0.717, 1.165) is 19.5 Å². The minimum absolute atomic E-state index is 0.196. The van der Waals surface area contributed by atoms with Crippen LogP contribution in [0.4, 0.5) is 4.39 Å². The van der Waals surface area contributed by atoms with Gasteiger partial charge in [0, 0.05) is 51.9 Å². The Kier molecular flexibility index (Phi) is 8.71. The number of aliphatic hydroxyl groups excluding tert-OH is 2. The van der Waals surface area contributed by atoms with Crippen molar-refractivity contribution in [2.24, 2.45) is 0 Å². The first kappa shape index (κ1) is 27.8. The molecule has 3 aliphatic rings. The molecule has 0 radical (unpaired) electrons. The molecule has 3 aliphatic heterocycles. The van der Waals surface area contributed by atoms with Gasteiger partial charge in [0.05, 0.1) is 24.3 Å². The maximum absolute atomic E-state index is 14.8. The zero-order chi connectivity index (χ0) is 27.5. The summed E-state index contributed by atoms with van der Waals surface area (Å²) in [5.41, 5.74) is 3.07. The lowest BCUT2D eigenvalue weighted by Crippen LogP contribution is -2.48. The number of carbonyl (C=O) groups is 1. The summed E-state index contributed by atoms with van der Waals surface area (Å²) in [5, 5.41) is 20.5. The van der Waals surface area contributed by atoms with Crippen molar-refractivity contribution in [2.75, 3.05) is 45.8 Å². The van der Waals surface area contributed by atoms with Crippen molar-refractivity contribution in [3.8, 4) is 11.5 Å². The average Bonchev–Trinajstić information content (AvgIpc) is 3.00. The van der Waals surface area contributed by atoms with Crippen LogP contribution in [0.3, 0.4) is 0 Å². The van der Waals surface area contributed by atoms with Gasteiger partial charge < -0.3 is 24.6 Å². The Hall–Kier alpha value is -2.72. The molecular weight excluding hydrogens is 501 g/mol. The fourth-order valence-electron chi connectivity index (χ4n) is 5.94. The number of β-amino-alcohol motifs (C(OH)–C–C–N with tert-alkyl or cyclic N) is 2. The molecule has 3 heterocycles. The Bertz CT molecular complexity index is 1150. The number of piperidine rings is 1. The highest BCUT2D eigenvalue weighted by Crippen LogP contribution is 2.31. The van der Waals surface area contributed by atoms with Gasteiger partial charge >= 0.3 is 0 Å². The molecule has 1 amide bonds. The molecule has 1 saturated heterocycles. The maximum Gasteiger partial charge on any atom is 0.257 e. The Labute approximate surface area is 229 Å². The summed E-state index contributed by atoms with van der Waals surface area (Å²) in [4.78, 5) is 19.2. The smallest absolute Gasteiger partial charge is 0.257 e. The molecular formula is C30H40FN3O5. The summed E-state index contributed by atoms with van der Waals surface area (Å²) in [7, 11) is 0. The molecule has 5 rings (SSSR count). The molecule has 2 aromatic rings. The molecule has 8 nitrogen and oxygen atoms in total. The molecule has 0 aromatic heterocycles. The Balaban J connectivity index is 1.20. The molecule has 1 fully saturated rings. The van der Waals surface area contributed by atoms with E-state index in [2.05, 4.69) is 23.1 Å². The van der Waals surface area contributed by atoms with Crippen LogP contribution in [0, 0.1) is 0 Å². The molecule has 0 bridgehead atoms. The molecule has 1 unspecified atom stereocenters. The van der Waals surface area contributed by atoms with Gasteiger partial charge in [0.25, 0.3) is 5.91 Å². The topological polar surface area (TPSA) is 85.7 Å². The number of carbonyl (C=O) groups excluding carboxylic acids is 1. The molecule has 2 N–H and O–H groups in total. The van der Waals surface area contributed by atoms with Crippen molar-refractivity contribution in [1.29, 1.82) is 0 Å². The van der Waals surface area contributed by atoms with Crippen molar-refractivity contribution >= 4 is 5.91 Å². The number of fused-ring (bicyclic) bond motifs is 2. The van der Waals surface area contributed by atoms with E-state index in [0.29, 0.717) is 49.7 Å². The monoisotopic (exact) mass is 541 g/mol. The molecule has 0 spiro atoms. The number of rotatable bonds is 8. The second-order valence-electron chi connectivity index (χ2n) is 11.3. The highest BCUT2D eigenvalue weighted by Gasteiger charge is 2.33. The molecule has 39 heavy (non-hydrogen) atoms. The van der Waals surface area contributed by atoms with Gasteiger partial charge in [-0.25, -0.2) is 4.39 Å².